The van der Waals surface area contributed by atoms with E-state index in [2.05, 4.69) is 50.2 Å². The van der Waals surface area contributed by atoms with Crippen LogP contribution in [0.2, 0.25) is 0 Å². The molecule has 0 amide bonds. The number of morpholine rings is 1. The number of hydrogen-bond acceptors (Lipinski definition) is 3. The third-order valence-corrected chi connectivity index (χ3v) is 4.38. The van der Waals surface area contributed by atoms with Gasteiger partial charge in [0.2, 0.25) is 0 Å². The summed E-state index contributed by atoms with van der Waals surface area (Å²) in [6.45, 7) is 9.49. The van der Waals surface area contributed by atoms with Gasteiger partial charge in [-0.05, 0) is 58.0 Å². The second kappa shape index (κ2) is 6.70. The summed E-state index contributed by atoms with van der Waals surface area (Å²) in [6, 6.07) is 4.93. The molecule has 1 aliphatic rings. The number of aryl methyl sites for hydroxylation is 3. The fraction of sp³-hybridized carbons (Fsp3) is 0.647. The molecule has 112 valence electrons. The van der Waals surface area contributed by atoms with Crippen LogP contribution in [0.5, 0.6) is 0 Å². The van der Waals surface area contributed by atoms with Gasteiger partial charge in [-0.1, -0.05) is 17.7 Å². The van der Waals surface area contributed by atoms with E-state index in [4.69, 9.17) is 4.74 Å². The Morgan fingerprint density at radius 3 is 2.50 bits per heavy atom. The third-order valence-electron chi connectivity index (χ3n) is 4.38. The highest BCUT2D eigenvalue weighted by atomic mass is 16.5. The van der Waals surface area contributed by atoms with E-state index >= 15 is 0 Å². The number of ether oxygens (including phenoxy) is 1. The fourth-order valence-electron chi connectivity index (χ4n) is 3.23. The Hall–Kier alpha value is -0.900. The molecule has 2 unspecified atom stereocenters. The first kappa shape index (κ1) is 15.5. The Bertz CT molecular complexity index is 435. The number of nitrogens with one attached hydrogen (secondary N) is 1. The lowest BCUT2D eigenvalue weighted by Crippen LogP contribution is -2.51. The van der Waals surface area contributed by atoms with Crippen molar-refractivity contribution >= 4 is 0 Å². The largest absolute Gasteiger partial charge is 0.374 e. The van der Waals surface area contributed by atoms with Crippen molar-refractivity contribution in [1.29, 1.82) is 0 Å². The zero-order valence-electron chi connectivity index (χ0n) is 13.5. The Morgan fingerprint density at radius 1 is 1.30 bits per heavy atom. The van der Waals surface area contributed by atoms with E-state index in [-0.39, 0.29) is 6.10 Å². The zero-order valence-corrected chi connectivity index (χ0v) is 13.5. The molecule has 0 aliphatic carbocycles. The maximum absolute atomic E-state index is 5.97. The minimum atomic E-state index is 0.277. The summed E-state index contributed by atoms with van der Waals surface area (Å²) in [5, 5.41) is 3.46. The van der Waals surface area contributed by atoms with Crippen molar-refractivity contribution in [3.05, 3.63) is 34.4 Å². The predicted molar refractivity (Wildman–Crippen MR) is 84.4 cm³/mol. The van der Waals surface area contributed by atoms with Crippen LogP contribution in [0, 0.1) is 20.8 Å². The maximum atomic E-state index is 5.97. The number of rotatable bonds is 4. The molecule has 0 bridgehead atoms. The standard InChI is InChI=1S/C17H28N2O/c1-12-8-13(2)15(14(3)9-12)10-16(18-4)17-11-19(5)6-7-20-17/h8-9,16-18H,6-7,10-11H2,1-5H3. The van der Waals surface area contributed by atoms with Crippen LogP contribution in [0.25, 0.3) is 0 Å². The fourth-order valence-corrected chi connectivity index (χ4v) is 3.23. The molecule has 1 aromatic carbocycles. The summed E-state index contributed by atoms with van der Waals surface area (Å²) in [7, 11) is 4.21. The Labute approximate surface area is 123 Å². The molecule has 1 heterocycles. The highest BCUT2D eigenvalue weighted by Gasteiger charge is 2.26. The number of nitrogens with zero attached hydrogens (tertiary/aromatic N) is 1. The first-order chi connectivity index (χ1) is 9.51. The molecule has 1 fully saturated rings. The maximum Gasteiger partial charge on any atom is 0.0858 e. The van der Waals surface area contributed by atoms with Gasteiger partial charge < -0.3 is 15.0 Å². The lowest BCUT2D eigenvalue weighted by molar-refractivity contribution is -0.0372. The van der Waals surface area contributed by atoms with Crippen LogP contribution in [-0.2, 0) is 11.2 Å². The molecule has 1 aromatic rings. The van der Waals surface area contributed by atoms with Crippen LogP contribution in [0.4, 0.5) is 0 Å². The van der Waals surface area contributed by atoms with Crippen molar-refractivity contribution in [3.63, 3.8) is 0 Å². The number of hydrogen-bond donors (Lipinski definition) is 1. The molecule has 3 nitrogen and oxygen atoms in total. The lowest BCUT2D eigenvalue weighted by atomic mass is 9.92. The molecule has 0 aromatic heterocycles. The molecule has 1 N–H and O–H groups in total. The molecular formula is C17H28N2O. The summed E-state index contributed by atoms with van der Waals surface area (Å²) in [5.41, 5.74) is 5.60. The predicted octanol–water partition coefficient (Wildman–Crippen LogP) is 2.07. The van der Waals surface area contributed by atoms with Crippen molar-refractivity contribution in [2.75, 3.05) is 33.8 Å². The van der Waals surface area contributed by atoms with Crippen molar-refractivity contribution < 1.29 is 4.74 Å². The van der Waals surface area contributed by atoms with E-state index in [1.165, 1.54) is 22.3 Å². The molecule has 1 saturated heterocycles. The van der Waals surface area contributed by atoms with Gasteiger partial charge in [-0.2, -0.15) is 0 Å². The van der Waals surface area contributed by atoms with Gasteiger partial charge in [-0.25, -0.2) is 0 Å². The summed E-state index contributed by atoms with van der Waals surface area (Å²) >= 11 is 0. The SMILES string of the molecule is CNC(Cc1c(C)cc(C)cc1C)C1CN(C)CCO1. The van der Waals surface area contributed by atoms with Crippen LogP contribution >= 0.6 is 0 Å². The summed E-state index contributed by atoms with van der Waals surface area (Å²) in [5.74, 6) is 0. The van der Waals surface area contributed by atoms with E-state index in [0.717, 1.165) is 26.1 Å². The van der Waals surface area contributed by atoms with Gasteiger partial charge in [0.15, 0.2) is 0 Å². The summed E-state index contributed by atoms with van der Waals surface area (Å²) in [4.78, 5) is 2.35. The van der Waals surface area contributed by atoms with Gasteiger partial charge in [0, 0.05) is 19.1 Å². The second-order valence-corrected chi connectivity index (χ2v) is 6.15. The first-order valence-corrected chi connectivity index (χ1v) is 7.55. The Balaban J connectivity index is 2.14. The quantitative estimate of drug-likeness (QED) is 0.911. The zero-order chi connectivity index (χ0) is 14.7. The average Bonchev–Trinajstić information content (AvgIpc) is 2.38. The molecule has 2 atom stereocenters. The van der Waals surface area contributed by atoms with Gasteiger partial charge in [-0.3, -0.25) is 0 Å². The third kappa shape index (κ3) is 3.60. The van der Waals surface area contributed by atoms with E-state index in [0.29, 0.717) is 6.04 Å². The number of likely N-dealkylation sites (N-methyl/N-ethyl adjacent to an activating group) is 2. The highest BCUT2D eigenvalue weighted by molar-refractivity contribution is 5.38. The molecular weight excluding hydrogens is 248 g/mol. The average molecular weight is 276 g/mol. The minimum absolute atomic E-state index is 0.277. The van der Waals surface area contributed by atoms with Gasteiger partial charge in [-0.15, -0.1) is 0 Å². The van der Waals surface area contributed by atoms with E-state index in [9.17, 15) is 0 Å². The van der Waals surface area contributed by atoms with Crippen LogP contribution in [0.15, 0.2) is 12.1 Å². The van der Waals surface area contributed by atoms with Gasteiger partial charge >= 0.3 is 0 Å². The van der Waals surface area contributed by atoms with Crippen molar-refractivity contribution in [3.8, 4) is 0 Å². The molecule has 0 saturated carbocycles. The van der Waals surface area contributed by atoms with Crippen LogP contribution in [-0.4, -0.2) is 50.8 Å². The van der Waals surface area contributed by atoms with E-state index < -0.39 is 0 Å². The van der Waals surface area contributed by atoms with Crippen molar-refractivity contribution in [2.45, 2.75) is 39.3 Å². The summed E-state index contributed by atoms with van der Waals surface area (Å²) in [6.07, 6.45) is 1.31. The smallest absolute Gasteiger partial charge is 0.0858 e. The van der Waals surface area contributed by atoms with E-state index in [1.54, 1.807) is 0 Å². The van der Waals surface area contributed by atoms with E-state index in [1.807, 2.05) is 7.05 Å². The lowest BCUT2D eigenvalue weighted by Gasteiger charge is -2.35. The molecule has 0 radical (unpaired) electrons. The van der Waals surface area contributed by atoms with Gasteiger partial charge in [0.25, 0.3) is 0 Å². The highest BCUT2D eigenvalue weighted by Crippen LogP contribution is 2.20. The number of benzene rings is 1. The second-order valence-electron chi connectivity index (χ2n) is 6.15. The molecule has 3 heteroatoms. The minimum Gasteiger partial charge on any atom is -0.374 e. The summed E-state index contributed by atoms with van der Waals surface area (Å²) < 4.78 is 5.97. The monoisotopic (exact) mass is 276 g/mol. The van der Waals surface area contributed by atoms with Gasteiger partial charge in [0.1, 0.15) is 0 Å². The topological polar surface area (TPSA) is 24.5 Å². The normalized spacial score (nSPS) is 21.9. The van der Waals surface area contributed by atoms with Gasteiger partial charge in [0.05, 0.1) is 12.7 Å². The van der Waals surface area contributed by atoms with Crippen LogP contribution < -0.4 is 5.32 Å². The molecule has 0 spiro atoms. The van der Waals surface area contributed by atoms with Crippen molar-refractivity contribution in [2.24, 2.45) is 0 Å². The van der Waals surface area contributed by atoms with Crippen LogP contribution in [0.1, 0.15) is 22.3 Å². The molecule has 2 rings (SSSR count). The van der Waals surface area contributed by atoms with Crippen molar-refractivity contribution in [1.82, 2.24) is 10.2 Å². The molecule has 20 heavy (non-hydrogen) atoms. The van der Waals surface area contributed by atoms with Crippen LogP contribution in [0.3, 0.4) is 0 Å². The Morgan fingerprint density at radius 2 is 1.95 bits per heavy atom. The Kier molecular flexibility index (Phi) is 5.19. The first-order valence-electron chi connectivity index (χ1n) is 7.55. The molecule has 1 aliphatic heterocycles.